The second-order valence-corrected chi connectivity index (χ2v) is 10.8. The van der Waals surface area contributed by atoms with Gasteiger partial charge in [-0.05, 0) is 71.4 Å². The van der Waals surface area contributed by atoms with E-state index in [1.54, 1.807) is 12.1 Å². The van der Waals surface area contributed by atoms with Crippen molar-refractivity contribution in [1.29, 1.82) is 0 Å². The van der Waals surface area contributed by atoms with Gasteiger partial charge in [0.25, 0.3) is 0 Å². The van der Waals surface area contributed by atoms with Gasteiger partial charge < -0.3 is 9.64 Å². The fraction of sp³-hybridized carbons (Fsp3) is 0.333. The number of allylic oxidation sites excluding steroid dienone is 4. The first-order valence-electron chi connectivity index (χ1n) is 11.5. The van der Waals surface area contributed by atoms with Crippen molar-refractivity contribution >= 4 is 43.4 Å². The van der Waals surface area contributed by atoms with Crippen LogP contribution in [0.2, 0.25) is 0 Å². The van der Waals surface area contributed by atoms with Crippen LogP contribution in [0.4, 0.5) is 4.39 Å². The molecule has 0 radical (unpaired) electrons. The Labute approximate surface area is 215 Å². The summed E-state index contributed by atoms with van der Waals surface area (Å²) in [6.07, 6.45) is 4.25. The van der Waals surface area contributed by atoms with Crippen LogP contribution in [-0.4, -0.2) is 23.5 Å². The summed E-state index contributed by atoms with van der Waals surface area (Å²) in [6.45, 7) is 0.236. The molecule has 5 rings (SSSR count). The second kappa shape index (κ2) is 9.42. The first-order chi connectivity index (χ1) is 16.3. The molecule has 0 bridgehead atoms. The first-order valence-corrected chi connectivity index (χ1v) is 13.1. The molecule has 0 saturated carbocycles. The van der Waals surface area contributed by atoms with E-state index in [-0.39, 0.29) is 24.0 Å². The summed E-state index contributed by atoms with van der Waals surface area (Å²) in [5.74, 6) is 0.0368. The summed E-state index contributed by atoms with van der Waals surface area (Å²) in [7, 11) is 1.99. The minimum absolute atomic E-state index is 0.101. The van der Waals surface area contributed by atoms with Gasteiger partial charge in [0.15, 0.2) is 11.6 Å². The second-order valence-electron chi connectivity index (χ2n) is 8.99. The highest BCUT2D eigenvalue weighted by Gasteiger charge is 2.43. The summed E-state index contributed by atoms with van der Waals surface area (Å²) in [6, 6.07) is 10.0. The van der Waals surface area contributed by atoms with Crippen molar-refractivity contribution in [2.45, 2.75) is 51.0 Å². The standard InChI is InChI=1S/C27H24Br2FNO3/c1-31-20-4-2-6-22(32)25(20)24(26-21(31)5-3-7-23(26)33)18-12-16(28)13-19(29)27(18)34-14-15-8-10-17(30)11-9-15/h8-13,24H,2-7,14H2,1H3. The van der Waals surface area contributed by atoms with Gasteiger partial charge in [-0.25, -0.2) is 4.39 Å². The quantitative estimate of drug-likeness (QED) is 0.387. The Morgan fingerprint density at radius 1 is 0.941 bits per heavy atom. The van der Waals surface area contributed by atoms with Crippen LogP contribution >= 0.6 is 31.9 Å². The van der Waals surface area contributed by atoms with Crippen molar-refractivity contribution in [2.75, 3.05) is 7.05 Å². The molecule has 2 aromatic rings. The van der Waals surface area contributed by atoms with Gasteiger partial charge in [-0.3, -0.25) is 9.59 Å². The summed E-state index contributed by atoms with van der Waals surface area (Å²) in [5.41, 5.74) is 5.11. The number of hydrogen-bond donors (Lipinski definition) is 0. The van der Waals surface area contributed by atoms with Crippen molar-refractivity contribution in [1.82, 2.24) is 4.90 Å². The number of rotatable bonds is 4. The van der Waals surface area contributed by atoms with E-state index in [9.17, 15) is 14.0 Å². The van der Waals surface area contributed by atoms with E-state index in [1.165, 1.54) is 12.1 Å². The van der Waals surface area contributed by atoms with Gasteiger partial charge in [-0.1, -0.05) is 28.1 Å². The lowest BCUT2D eigenvalue weighted by molar-refractivity contribution is -0.117. The van der Waals surface area contributed by atoms with Crippen LogP contribution in [0.1, 0.15) is 55.6 Å². The highest BCUT2D eigenvalue weighted by atomic mass is 79.9. The topological polar surface area (TPSA) is 46.6 Å². The summed E-state index contributed by atoms with van der Waals surface area (Å²) >= 11 is 7.24. The Bertz CT molecular complexity index is 1210. The van der Waals surface area contributed by atoms with Crippen molar-refractivity contribution in [3.8, 4) is 5.75 Å². The molecule has 7 heteroatoms. The minimum Gasteiger partial charge on any atom is -0.487 e. The molecule has 3 aliphatic rings. The van der Waals surface area contributed by atoms with E-state index in [0.717, 1.165) is 68.3 Å². The van der Waals surface area contributed by atoms with Crippen LogP contribution in [0.3, 0.4) is 0 Å². The van der Waals surface area contributed by atoms with E-state index in [0.29, 0.717) is 18.6 Å². The molecule has 2 aliphatic carbocycles. The average Bonchev–Trinajstić information content (AvgIpc) is 2.80. The number of Topliss-reactive ketones (excluding diaryl/α,β-unsaturated/α-hetero) is 2. The lowest BCUT2D eigenvalue weighted by Crippen LogP contribution is -2.37. The van der Waals surface area contributed by atoms with Gasteiger partial charge in [-0.15, -0.1) is 0 Å². The Balaban J connectivity index is 1.66. The molecule has 0 saturated heterocycles. The van der Waals surface area contributed by atoms with Gasteiger partial charge in [0.1, 0.15) is 18.2 Å². The number of carbonyl (C=O) groups excluding carboxylic acids is 2. The summed E-state index contributed by atoms with van der Waals surface area (Å²) in [4.78, 5) is 28.7. The van der Waals surface area contributed by atoms with Crippen LogP contribution in [0.25, 0.3) is 0 Å². The molecule has 0 aromatic heterocycles. The van der Waals surface area contributed by atoms with Crippen LogP contribution < -0.4 is 4.74 Å². The third-order valence-corrected chi connectivity index (χ3v) is 7.94. The molecule has 0 fully saturated rings. The maximum atomic E-state index is 13.4. The lowest BCUT2D eigenvalue weighted by atomic mass is 9.71. The Kier molecular flexibility index (Phi) is 6.51. The predicted octanol–water partition coefficient (Wildman–Crippen LogP) is 6.97. The molecule has 176 valence electrons. The largest absolute Gasteiger partial charge is 0.487 e. The number of ketones is 2. The highest BCUT2D eigenvalue weighted by Crippen LogP contribution is 2.52. The third-order valence-electron chi connectivity index (χ3n) is 6.89. The minimum atomic E-state index is -0.459. The predicted molar refractivity (Wildman–Crippen MR) is 135 cm³/mol. The maximum absolute atomic E-state index is 13.4. The van der Waals surface area contributed by atoms with Gasteiger partial charge in [0, 0.05) is 58.4 Å². The number of carbonyl (C=O) groups is 2. The van der Waals surface area contributed by atoms with E-state index in [2.05, 4.69) is 36.8 Å². The zero-order valence-electron chi connectivity index (χ0n) is 18.8. The summed E-state index contributed by atoms with van der Waals surface area (Å²) in [5, 5.41) is 0. The molecule has 0 atom stereocenters. The SMILES string of the molecule is CN1C2=C(C(=O)CCC2)C(c2cc(Br)cc(Br)c2OCc2ccc(F)cc2)C2=C1CCCC2=O. The van der Waals surface area contributed by atoms with E-state index in [1.807, 2.05) is 19.2 Å². The normalized spacial score (nSPS) is 18.9. The van der Waals surface area contributed by atoms with Crippen LogP contribution in [0.15, 0.2) is 67.9 Å². The molecule has 0 unspecified atom stereocenters. The molecular weight excluding hydrogens is 565 g/mol. The number of benzene rings is 2. The molecule has 1 aliphatic heterocycles. The number of ether oxygens (including phenoxy) is 1. The van der Waals surface area contributed by atoms with Crippen LogP contribution in [0, 0.1) is 5.82 Å². The average molecular weight is 589 g/mol. The van der Waals surface area contributed by atoms with Gasteiger partial charge >= 0.3 is 0 Å². The molecule has 0 amide bonds. The number of hydrogen-bond acceptors (Lipinski definition) is 4. The maximum Gasteiger partial charge on any atom is 0.161 e. The van der Waals surface area contributed by atoms with Crippen molar-refractivity contribution in [3.05, 3.63) is 84.8 Å². The van der Waals surface area contributed by atoms with Gasteiger partial charge in [0.05, 0.1) is 4.47 Å². The molecule has 1 heterocycles. The molecule has 0 spiro atoms. The smallest absolute Gasteiger partial charge is 0.161 e. The number of halogens is 3. The third kappa shape index (κ3) is 4.17. The number of nitrogens with zero attached hydrogens (tertiary/aromatic N) is 1. The molecule has 0 N–H and O–H groups in total. The fourth-order valence-electron chi connectivity index (χ4n) is 5.35. The van der Waals surface area contributed by atoms with Crippen molar-refractivity contribution in [3.63, 3.8) is 0 Å². The zero-order valence-corrected chi connectivity index (χ0v) is 22.0. The lowest BCUT2D eigenvalue weighted by Gasteiger charge is -2.42. The molecular formula is C27H24Br2FNO3. The fourth-order valence-corrected chi connectivity index (χ4v) is 6.72. The Hall–Kier alpha value is -2.25. The van der Waals surface area contributed by atoms with Gasteiger partial charge in [-0.2, -0.15) is 0 Å². The Morgan fingerprint density at radius 3 is 2.12 bits per heavy atom. The summed E-state index contributed by atoms with van der Waals surface area (Å²) < 4.78 is 21.2. The van der Waals surface area contributed by atoms with E-state index < -0.39 is 5.92 Å². The Morgan fingerprint density at radius 2 is 1.53 bits per heavy atom. The van der Waals surface area contributed by atoms with Gasteiger partial charge in [0.2, 0.25) is 0 Å². The molecule has 2 aromatic carbocycles. The van der Waals surface area contributed by atoms with Crippen molar-refractivity contribution in [2.24, 2.45) is 0 Å². The highest BCUT2D eigenvalue weighted by molar-refractivity contribution is 9.11. The molecule has 34 heavy (non-hydrogen) atoms. The van der Waals surface area contributed by atoms with E-state index in [4.69, 9.17) is 4.74 Å². The first kappa shape index (κ1) is 23.5. The molecule has 4 nitrogen and oxygen atoms in total. The zero-order chi connectivity index (χ0) is 24.0. The van der Waals surface area contributed by atoms with Crippen molar-refractivity contribution < 1.29 is 18.7 Å². The van der Waals surface area contributed by atoms with Crippen LogP contribution in [0.5, 0.6) is 5.75 Å². The van der Waals surface area contributed by atoms with E-state index >= 15 is 0 Å². The monoisotopic (exact) mass is 587 g/mol. The van der Waals surface area contributed by atoms with Crippen LogP contribution in [-0.2, 0) is 16.2 Å².